The number of nitro groups is 1. The van der Waals surface area contributed by atoms with Crippen LogP contribution in [0.1, 0.15) is 21.5 Å². The number of rotatable bonds is 5. The van der Waals surface area contributed by atoms with Crippen molar-refractivity contribution in [2.24, 2.45) is 0 Å². The minimum Gasteiger partial charge on any atom is -0.452 e. The normalized spacial score (nSPS) is 10.2. The Labute approximate surface area is 152 Å². The molecule has 130 valence electrons. The molecule has 0 saturated carbocycles. The molecule has 25 heavy (non-hydrogen) atoms. The Kier molecular flexibility index (Phi) is 5.87. The van der Waals surface area contributed by atoms with Crippen LogP contribution in [0.4, 0.5) is 11.4 Å². The maximum atomic E-state index is 12.1. The average Bonchev–Trinajstić information content (AvgIpc) is 2.55. The Morgan fingerprint density at radius 2 is 1.92 bits per heavy atom. The van der Waals surface area contributed by atoms with Crippen molar-refractivity contribution >= 4 is 39.2 Å². The molecule has 8 heteroatoms. The van der Waals surface area contributed by atoms with Gasteiger partial charge in [0.2, 0.25) is 0 Å². The Morgan fingerprint density at radius 1 is 1.20 bits per heavy atom. The highest BCUT2D eigenvalue weighted by Crippen LogP contribution is 2.24. The largest absolute Gasteiger partial charge is 0.452 e. The molecule has 0 atom stereocenters. The first kappa shape index (κ1) is 18.6. The van der Waals surface area contributed by atoms with Crippen LogP contribution >= 0.6 is 15.9 Å². The second-order valence-electron chi connectivity index (χ2n) is 5.32. The lowest BCUT2D eigenvalue weighted by molar-refractivity contribution is -0.385. The van der Waals surface area contributed by atoms with Gasteiger partial charge < -0.3 is 10.1 Å². The number of halogens is 1. The second kappa shape index (κ2) is 7.89. The van der Waals surface area contributed by atoms with E-state index in [1.54, 1.807) is 12.1 Å². The number of anilines is 1. The van der Waals surface area contributed by atoms with Crippen LogP contribution in [0.15, 0.2) is 40.9 Å². The quantitative estimate of drug-likeness (QED) is 0.462. The SMILES string of the molecule is Cc1ccc(NC(=O)COC(=O)c2cccc(C)c2[N+](=O)[O-])cc1Br. The third-order valence-corrected chi connectivity index (χ3v) is 4.28. The molecule has 2 aromatic rings. The van der Waals surface area contributed by atoms with E-state index in [1.807, 2.05) is 13.0 Å². The van der Waals surface area contributed by atoms with Gasteiger partial charge in [-0.2, -0.15) is 0 Å². The van der Waals surface area contributed by atoms with Gasteiger partial charge in [0.1, 0.15) is 5.56 Å². The first-order chi connectivity index (χ1) is 11.8. The number of benzene rings is 2. The van der Waals surface area contributed by atoms with Crippen molar-refractivity contribution in [1.29, 1.82) is 0 Å². The maximum Gasteiger partial charge on any atom is 0.345 e. The van der Waals surface area contributed by atoms with Crippen molar-refractivity contribution in [3.05, 3.63) is 67.7 Å². The molecule has 0 unspecified atom stereocenters. The number of nitro benzene ring substituents is 1. The van der Waals surface area contributed by atoms with Gasteiger partial charge in [0, 0.05) is 15.7 Å². The summed E-state index contributed by atoms with van der Waals surface area (Å²) in [5, 5.41) is 13.7. The molecule has 0 saturated heterocycles. The zero-order valence-electron chi connectivity index (χ0n) is 13.5. The Hall–Kier alpha value is -2.74. The molecule has 2 rings (SSSR count). The minimum absolute atomic E-state index is 0.184. The van der Waals surface area contributed by atoms with Gasteiger partial charge >= 0.3 is 5.97 Å². The average molecular weight is 407 g/mol. The molecule has 1 amide bonds. The van der Waals surface area contributed by atoms with Gasteiger partial charge in [0.25, 0.3) is 11.6 Å². The van der Waals surface area contributed by atoms with E-state index < -0.39 is 23.4 Å². The van der Waals surface area contributed by atoms with Gasteiger partial charge in [-0.25, -0.2) is 4.79 Å². The van der Waals surface area contributed by atoms with Crippen LogP contribution in [0.25, 0.3) is 0 Å². The molecule has 0 heterocycles. The van der Waals surface area contributed by atoms with Gasteiger partial charge in [0.15, 0.2) is 6.61 Å². The van der Waals surface area contributed by atoms with Crippen molar-refractivity contribution < 1.29 is 19.2 Å². The van der Waals surface area contributed by atoms with Crippen LogP contribution in [-0.4, -0.2) is 23.4 Å². The number of hydrogen-bond acceptors (Lipinski definition) is 5. The Balaban J connectivity index is 2.02. The summed E-state index contributed by atoms with van der Waals surface area (Å²) in [6.45, 7) is 2.89. The van der Waals surface area contributed by atoms with E-state index in [4.69, 9.17) is 4.74 Å². The lowest BCUT2D eigenvalue weighted by atomic mass is 10.1. The van der Waals surface area contributed by atoms with Gasteiger partial charge in [-0.3, -0.25) is 14.9 Å². The summed E-state index contributed by atoms with van der Waals surface area (Å²) in [4.78, 5) is 34.4. The van der Waals surface area contributed by atoms with Gasteiger partial charge in [-0.05, 0) is 37.6 Å². The number of esters is 1. The molecule has 0 fully saturated rings. The third kappa shape index (κ3) is 4.63. The highest BCUT2D eigenvalue weighted by Gasteiger charge is 2.24. The fourth-order valence-electron chi connectivity index (χ4n) is 2.14. The summed E-state index contributed by atoms with van der Waals surface area (Å²) in [5.74, 6) is -1.46. The highest BCUT2D eigenvalue weighted by molar-refractivity contribution is 9.10. The van der Waals surface area contributed by atoms with E-state index in [1.165, 1.54) is 25.1 Å². The van der Waals surface area contributed by atoms with Crippen LogP contribution in [0, 0.1) is 24.0 Å². The summed E-state index contributed by atoms with van der Waals surface area (Å²) in [6, 6.07) is 9.59. The van der Waals surface area contributed by atoms with E-state index in [9.17, 15) is 19.7 Å². The van der Waals surface area contributed by atoms with Gasteiger partial charge in [-0.1, -0.05) is 34.1 Å². The van der Waals surface area contributed by atoms with E-state index in [0.29, 0.717) is 11.3 Å². The predicted molar refractivity (Wildman–Crippen MR) is 95.6 cm³/mol. The number of aryl methyl sites for hydroxylation is 2. The number of nitrogens with one attached hydrogen (secondary N) is 1. The van der Waals surface area contributed by atoms with E-state index >= 15 is 0 Å². The molecule has 0 aromatic heterocycles. The Bertz CT molecular complexity index is 851. The van der Waals surface area contributed by atoms with E-state index in [-0.39, 0.29) is 11.3 Å². The summed E-state index contributed by atoms with van der Waals surface area (Å²) >= 11 is 3.36. The first-order valence-electron chi connectivity index (χ1n) is 7.26. The van der Waals surface area contributed by atoms with E-state index in [0.717, 1.165) is 10.0 Å². The third-order valence-electron chi connectivity index (χ3n) is 3.43. The van der Waals surface area contributed by atoms with Crippen LogP contribution < -0.4 is 5.32 Å². The van der Waals surface area contributed by atoms with Crippen LogP contribution in [0.3, 0.4) is 0 Å². The summed E-state index contributed by atoms with van der Waals surface area (Å²) in [6.07, 6.45) is 0. The molecule has 7 nitrogen and oxygen atoms in total. The van der Waals surface area contributed by atoms with Crippen molar-refractivity contribution in [2.45, 2.75) is 13.8 Å². The zero-order chi connectivity index (χ0) is 18.6. The second-order valence-corrected chi connectivity index (χ2v) is 6.17. The van der Waals surface area contributed by atoms with Crippen LogP contribution in [0.5, 0.6) is 0 Å². The minimum atomic E-state index is -0.921. The predicted octanol–water partition coefficient (Wildman–Crippen LogP) is 3.77. The molecular weight excluding hydrogens is 392 g/mol. The van der Waals surface area contributed by atoms with Gasteiger partial charge in [-0.15, -0.1) is 0 Å². The van der Waals surface area contributed by atoms with Crippen LogP contribution in [0.2, 0.25) is 0 Å². The molecule has 0 radical (unpaired) electrons. The van der Waals surface area contributed by atoms with Crippen molar-refractivity contribution in [3.63, 3.8) is 0 Å². The number of para-hydroxylation sites is 1. The van der Waals surface area contributed by atoms with Crippen molar-refractivity contribution in [2.75, 3.05) is 11.9 Å². The monoisotopic (exact) mass is 406 g/mol. The van der Waals surface area contributed by atoms with E-state index in [2.05, 4.69) is 21.2 Å². The molecule has 0 aliphatic carbocycles. The fraction of sp³-hybridized carbons (Fsp3) is 0.176. The molecule has 1 N–H and O–H groups in total. The number of nitrogens with zero attached hydrogens (tertiary/aromatic N) is 1. The van der Waals surface area contributed by atoms with Crippen LogP contribution in [-0.2, 0) is 9.53 Å². The highest BCUT2D eigenvalue weighted by atomic mass is 79.9. The molecular formula is C17H15BrN2O5. The first-order valence-corrected chi connectivity index (χ1v) is 8.06. The molecule has 0 bridgehead atoms. The lowest BCUT2D eigenvalue weighted by Crippen LogP contribution is -2.21. The number of hydrogen-bond donors (Lipinski definition) is 1. The lowest BCUT2D eigenvalue weighted by Gasteiger charge is -2.08. The number of carbonyl (C=O) groups is 2. The summed E-state index contributed by atoms with van der Waals surface area (Å²) in [5.41, 5.74) is 1.39. The molecule has 0 aliphatic rings. The fourth-order valence-corrected chi connectivity index (χ4v) is 2.52. The standard InChI is InChI=1S/C17H15BrN2O5/c1-10-6-7-12(8-14(10)18)19-15(21)9-25-17(22)13-5-3-4-11(2)16(13)20(23)24/h3-8H,9H2,1-2H3,(H,19,21). The number of carbonyl (C=O) groups excluding carboxylic acids is 2. The Morgan fingerprint density at radius 3 is 2.56 bits per heavy atom. The number of amides is 1. The summed E-state index contributed by atoms with van der Waals surface area (Å²) in [7, 11) is 0. The zero-order valence-corrected chi connectivity index (χ0v) is 15.1. The summed E-state index contributed by atoms with van der Waals surface area (Å²) < 4.78 is 5.73. The number of ether oxygens (including phenoxy) is 1. The molecule has 0 aliphatic heterocycles. The molecule has 2 aromatic carbocycles. The topological polar surface area (TPSA) is 98.5 Å². The van der Waals surface area contributed by atoms with Crippen molar-refractivity contribution in [1.82, 2.24) is 0 Å². The van der Waals surface area contributed by atoms with Crippen molar-refractivity contribution in [3.8, 4) is 0 Å². The smallest absolute Gasteiger partial charge is 0.345 e. The molecule has 0 spiro atoms. The maximum absolute atomic E-state index is 12.1. The van der Waals surface area contributed by atoms with Gasteiger partial charge in [0.05, 0.1) is 4.92 Å².